The van der Waals surface area contributed by atoms with Crippen LogP contribution in [0.3, 0.4) is 0 Å². The largest absolute Gasteiger partial charge is 0.347 e. The molecule has 2 rings (SSSR count). The molecule has 1 aliphatic carbocycles. The molecule has 0 aromatic heterocycles. The molecular weight excluding hydrogens is 164 g/mol. The molecule has 1 amide bonds. The number of nitrogens with one attached hydrogen (secondary N) is 1. The van der Waals surface area contributed by atoms with Crippen molar-refractivity contribution in [2.45, 2.75) is 31.3 Å². The van der Waals surface area contributed by atoms with Gasteiger partial charge >= 0.3 is 0 Å². The number of rotatable bonds is 3. The highest BCUT2D eigenvalue weighted by atomic mass is 16.1. The molecule has 1 aliphatic heterocycles. The number of amides is 1. The zero-order valence-corrected chi connectivity index (χ0v) is 7.83. The Morgan fingerprint density at radius 2 is 2.15 bits per heavy atom. The maximum Gasteiger partial charge on any atom is 0.243 e. The first-order valence-electron chi connectivity index (χ1n) is 4.96. The first-order chi connectivity index (χ1) is 6.29. The molecule has 72 valence electrons. The Morgan fingerprint density at radius 3 is 2.62 bits per heavy atom. The Labute approximate surface area is 78.8 Å². The predicted molar refractivity (Wildman–Crippen MR) is 51.3 cm³/mol. The van der Waals surface area contributed by atoms with Crippen LogP contribution in [0.25, 0.3) is 0 Å². The van der Waals surface area contributed by atoms with Crippen LogP contribution in [0.1, 0.15) is 19.3 Å². The molecule has 3 nitrogen and oxygen atoms in total. The summed E-state index contributed by atoms with van der Waals surface area (Å²) in [4.78, 5) is 13.4. The first kappa shape index (κ1) is 8.75. The summed E-state index contributed by atoms with van der Waals surface area (Å²) in [7, 11) is 0. The average Bonchev–Trinajstić information content (AvgIpc) is 1.96. The highest BCUT2D eigenvalue weighted by molar-refractivity contribution is 5.87. The van der Waals surface area contributed by atoms with Crippen LogP contribution in [-0.4, -0.2) is 36.0 Å². The summed E-state index contributed by atoms with van der Waals surface area (Å²) in [5, 5.41) is 2.90. The summed E-state index contributed by atoms with van der Waals surface area (Å²) in [6.45, 7) is 5.49. The van der Waals surface area contributed by atoms with Gasteiger partial charge in [0.2, 0.25) is 5.91 Å². The van der Waals surface area contributed by atoms with Crippen molar-refractivity contribution in [1.82, 2.24) is 10.2 Å². The molecule has 2 aliphatic rings. The molecule has 0 spiro atoms. The zero-order valence-electron chi connectivity index (χ0n) is 7.83. The van der Waals surface area contributed by atoms with Crippen LogP contribution in [0.2, 0.25) is 0 Å². The van der Waals surface area contributed by atoms with Gasteiger partial charge < -0.3 is 5.32 Å². The van der Waals surface area contributed by atoms with Crippen LogP contribution in [0.5, 0.6) is 0 Å². The lowest BCUT2D eigenvalue weighted by atomic mass is 9.88. The van der Waals surface area contributed by atoms with E-state index < -0.39 is 0 Å². The molecule has 1 saturated carbocycles. The molecule has 1 saturated heterocycles. The number of hydrogen-bond acceptors (Lipinski definition) is 2. The standard InChI is InChI=1S/C10H16N2O/c1-2-10(13)11-8-6-12(7-8)9-4-3-5-9/h2,8-9H,1,3-7H2,(H,11,13). The second kappa shape index (κ2) is 3.50. The lowest BCUT2D eigenvalue weighted by Crippen LogP contribution is -2.63. The molecule has 0 bridgehead atoms. The summed E-state index contributed by atoms with van der Waals surface area (Å²) in [5.74, 6) is -0.0433. The van der Waals surface area contributed by atoms with Gasteiger partial charge in [-0.25, -0.2) is 0 Å². The summed E-state index contributed by atoms with van der Waals surface area (Å²) in [5.41, 5.74) is 0. The van der Waals surface area contributed by atoms with Gasteiger partial charge in [-0.05, 0) is 18.9 Å². The molecule has 1 heterocycles. The number of carbonyl (C=O) groups is 1. The highest BCUT2D eigenvalue weighted by Gasteiger charge is 2.35. The SMILES string of the molecule is C=CC(=O)NC1CN(C2CCC2)C1. The molecule has 2 fully saturated rings. The van der Waals surface area contributed by atoms with Gasteiger partial charge in [0.05, 0.1) is 6.04 Å². The predicted octanol–water partition coefficient (Wildman–Crippen LogP) is 0.525. The van der Waals surface area contributed by atoms with Crippen molar-refractivity contribution in [3.05, 3.63) is 12.7 Å². The van der Waals surface area contributed by atoms with E-state index in [2.05, 4.69) is 16.8 Å². The maximum atomic E-state index is 10.9. The van der Waals surface area contributed by atoms with Crippen molar-refractivity contribution in [1.29, 1.82) is 0 Å². The molecule has 0 aromatic rings. The van der Waals surface area contributed by atoms with Crippen molar-refractivity contribution in [3.8, 4) is 0 Å². The fourth-order valence-electron chi connectivity index (χ4n) is 1.91. The van der Waals surface area contributed by atoms with Crippen LogP contribution in [0.15, 0.2) is 12.7 Å². The van der Waals surface area contributed by atoms with Gasteiger partial charge in [0, 0.05) is 19.1 Å². The fraction of sp³-hybridized carbons (Fsp3) is 0.700. The van der Waals surface area contributed by atoms with Gasteiger partial charge in [-0.2, -0.15) is 0 Å². The number of hydrogen-bond donors (Lipinski definition) is 1. The molecule has 1 N–H and O–H groups in total. The van der Waals surface area contributed by atoms with Gasteiger partial charge in [0.15, 0.2) is 0 Å². The van der Waals surface area contributed by atoms with Crippen molar-refractivity contribution >= 4 is 5.91 Å². The number of nitrogens with zero attached hydrogens (tertiary/aromatic N) is 1. The van der Waals surface area contributed by atoms with Crippen molar-refractivity contribution < 1.29 is 4.79 Å². The van der Waals surface area contributed by atoms with Gasteiger partial charge in [0.25, 0.3) is 0 Å². The Hall–Kier alpha value is -0.830. The first-order valence-corrected chi connectivity index (χ1v) is 4.96. The molecule has 13 heavy (non-hydrogen) atoms. The smallest absolute Gasteiger partial charge is 0.243 e. The minimum atomic E-state index is -0.0433. The Morgan fingerprint density at radius 1 is 1.46 bits per heavy atom. The number of likely N-dealkylation sites (tertiary alicyclic amines) is 1. The maximum absolute atomic E-state index is 10.9. The Bertz CT molecular complexity index is 217. The third kappa shape index (κ3) is 1.75. The quantitative estimate of drug-likeness (QED) is 0.642. The third-order valence-electron chi connectivity index (χ3n) is 3.03. The topological polar surface area (TPSA) is 32.3 Å². The molecular formula is C10H16N2O. The van der Waals surface area contributed by atoms with E-state index >= 15 is 0 Å². The molecule has 0 radical (unpaired) electrons. The van der Waals surface area contributed by atoms with Crippen molar-refractivity contribution in [3.63, 3.8) is 0 Å². The Balaban J connectivity index is 1.66. The van der Waals surface area contributed by atoms with E-state index in [0.717, 1.165) is 19.1 Å². The van der Waals surface area contributed by atoms with E-state index in [9.17, 15) is 4.79 Å². The summed E-state index contributed by atoms with van der Waals surface area (Å²) >= 11 is 0. The molecule has 0 atom stereocenters. The molecule has 0 aromatic carbocycles. The number of carbonyl (C=O) groups excluding carboxylic acids is 1. The normalized spacial score (nSPS) is 24.6. The van der Waals surface area contributed by atoms with E-state index in [-0.39, 0.29) is 5.91 Å². The van der Waals surface area contributed by atoms with E-state index in [1.807, 2.05) is 0 Å². The van der Waals surface area contributed by atoms with Crippen LogP contribution in [0, 0.1) is 0 Å². The lowest BCUT2D eigenvalue weighted by Gasteiger charge is -2.47. The second-order valence-corrected chi connectivity index (χ2v) is 3.95. The minimum absolute atomic E-state index is 0.0433. The second-order valence-electron chi connectivity index (χ2n) is 3.95. The average molecular weight is 180 g/mol. The van der Waals surface area contributed by atoms with Crippen LogP contribution < -0.4 is 5.32 Å². The van der Waals surface area contributed by atoms with E-state index in [1.54, 1.807) is 0 Å². The summed E-state index contributed by atoms with van der Waals surface area (Å²) < 4.78 is 0. The van der Waals surface area contributed by atoms with Crippen molar-refractivity contribution in [2.75, 3.05) is 13.1 Å². The van der Waals surface area contributed by atoms with Gasteiger partial charge in [-0.1, -0.05) is 13.0 Å². The summed E-state index contributed by atoms with van der Waals surface area (Å²) in [6, 6.07) is 1.18. The molecule has 0 unspecified atom stereocenters. The van der Waals surface area contributed by atoms with Gasteiger partial charge in [-0.3, -0.25) is 9.69 Å². The monoisotopic (exact) mass is 180 g/mol. The van der Waals surface area contributed by atoms with E-state index in [4.69, 9.17) is 0 Å². The zero-order chi connectivity index (χ0) is 9.26. The van der Waals surface area contributed by atoms with Crippen LogP contribution >= 0.6 is 0 Å². The highest BCUT2D eigenvalue weighted by Crippen LogP contribution is 2.28. The Kier molecular flexibility index (Phi) is 2.36. The molecule has 3 heteroatoms. The summed E-state index contributed by atoms with van der Waals surface area (Å²) in [6.07, 6.45) is 5.42. The van der Waals surface area contributed by atoms with Crippen LogP contribution in [0.4, 0.5) is 0 Å². The van der Waals surface area contributed by atoms with Crippen LogP contribution in [-0.2, 0) is 4.79 Å². The van der Waals surface area contributed by atoms with E-state index in [0.29, 0.717) is 6.04 Å². The van der Waals surface area contributed by atoms with Crippen molar-refractivity contribution in [2.24, 2.45) is 0 Å². The van der Waals surface area contributed by atoms with E-state index in [1.165, 1.54) is 25.3 Å². The lowest BCUT2D eigenvalue weighted by molar-refractivity contribution is -0.118. The van der Waals surface area contributed by atoms with Gasteiger partial charge in [-0.15, -0.1) is 0 Å². The third-order valence-corrected chi connectivity index (χ3v) is 3.03. The van der Waals surface area contributed by atoms with Gasteiger partial charge in [0.1, 0.15) is 0 Å². The fourth-order valence-corrected chi connectivity index (χ4v) is 1.91. The minimum Gasteiger partial charge on any atom is -0.347 e.